The fourth-order valence-electron chi connectivity index (χ4n) is 3.02. The molecule has 0 spiro atoms. The molecule has 128 valence electrons. The number of nitrogens with zero attached hydrogens (tertiary/aromatic N) is 2. The number of carbonyl (C=O) groups excluding carboxylic acids is 1. The summed E-state index contributed by atoms with van der Waals surface area (Å²) in [5.74, 6) is 2.29. The number of piperazine rings is 1. The highest BCUT2D eigenvalue weighted by molar-refractivity contribution is 5.82. The summed E-state index contributed by atoms with van der Waals surface area (Å²) < 4.78 is 11.0. The highest BCUT2D eigenvalue weighted by Crippen LogP contribution is 2.25. The van der Waals surface area contributed by atoms with Gasteiger partial charge in [0.05, 0.1) is 18.8 Å². The number of carbonyl (C=O) groups is 1. The summed E-state index contributed by atoms with van der Waals surface area (Å²) in [7, 11) is 1.64. The fraction of sp³-hybridized carbons (Fsp3) is 0.444. The SMILES string of the molecule is CCC1C(=O)NCCN1Cc1nc(-c2ccc(OC)cc2)oc1C. The quantitative estimate of drug-likeness (QED) is 0.912. The molecule has 1 aliphatic heterocycles. The van der Waals surface area contributed by atoms with Gasteiger partial charge in [-0.15, -0.1) is 0 Å². The van der Waals surface area contributed by atoms with Crippen molar-refractivity contribution in [2.24, 2.45) is 0 Å². The molecule has 2 heterocycles. The van der Waals surface area contributed by atoms with E-state index in [0.29, 0.717) is 19.0 Å². The van der Waals surface area contributed by atoms with Gasteiger partial charge >= 0.3 is 0 Å². The van der Waals surface area contributed by atoms with Crippen LogP contribution in [0.3, 0.4) is 0 Å². The number of aryl methyl sites for hydroxylation is 1. The van der Waals surface area contributed by atoms with Crippen molar-refractivity contribution in [3.05, 3.63) is 35.7 Å². The lowest BCUT2D eigenvalue weighted by atomic mass is 10.1. The third kappa shape index (κ3) is 3.28. The first kappa shape index (κ1) is 16.5. The Morgan fingerprint density at radius 3 is 2.79 bits per heavy atom. The van der Waals surface area contributed by atoms with Crippen molar-refractivity contribution >= 4 is 5.91 Å². The van der Waals surface area contributed by atoms with E-state index in [1.165, 1.54) is 0 Å². The van der Waals surface area contributed by atoms with Crippen LogP contribution in [0.2, 0.25) is 0 Å². The molecule has 1 atom stereocenters. The zero-order chi connectivity index (χ0) is 17.1. The lowest BCUT2D eigenvalue weighted by molar-refractivity contribution is -0.129. The number of benzene rings is 1. The van der Waals surface area contributed by atoms with Gasteiger partial charge in [0.2, 0.25) is 11.8 Å². The predicted molar refractivity (Wildman–Crippen MR) is 90.7 cm³/mol. The van der Waals surface area contributed by atoms with E-state index in [9.17, 15) is 4.79 Å². The van der Waals surface area contributed by atoms with Gasteiger partial charge in [0.25, 0.3) is 0 Å². The largest absolute Gasteiger partial charge is 0.497 e. The summed E-state index contributed by atoms with van der Waals surface area (Å²) in [6.45, 7) is 6.07. The number of oxazole rings is 1. The van der Waals surface area contributed by atoms with Gasteiger partial charge in [-0.25, -0.2) is 4.98 Å². The topological polar surface area (TPSA) is 67.6 Å². The highest BCUT2D eigenvalue weighted by atomic mass is 16.5. The average Bonchev–Trinajstić information content (AvgIpc) is 2.96. The lowest BCUT2D eigenvalue weighted by Crippen LogP contribution is -2.54. The van der Waals surface area contributed by atoms with Crippen LogP contribution in [0.1, 0.15) is 24.8 Å². The van der Waals surface area contributed by atoms with Gasteiger partial charge in [-0.2, -0.15) is 0 Å². The maximum Gasteiger partial charge on any atom is 0.237 e. The molecule has 0 saturated carbocycles. The smallest absolute Gasteiger partial charge is 0.237 e. The van der Waals surface area contributed by atoms with Gasteiger partial charge in [0.1, 0.15) is 11.5 Å². The minimum Gasteiger partial charge on any atom is -0.497 e. The molecular weight excluding hydrogens is 306 g/mol. The normalized spacial score (nSPS) is 18.5. The van der Waals surface area contributed by atoms with Crippen molar-refractivity contribution < 1.29 is 13.9 Å². The minimum absolute atomic E-state index is 0.0975. The summed E-state index contributed by atoms with van der Waals surface area (Å²) in [4.78, 5) is 18.8. The van der Waals surface area contributed by atoms with Gasteiger partial charge in [-0.1, -0.05) is 6.92 Å². The van der Waals surface area contributed by atoms with E-state index in [2.05, 4.69) is 15.2 Å². The Balaban J connectivity index is 1.79. The zero-order valence-corrected chi connectivity index (χ0v) is 14.3. The van der Waals surface area contributed by atoms with Crippen LogP contribution in [0.15, 0.2) is 28.7 Å². The Morgan fingerprint density at radius 2 is 2.12 bits per heavy atom. The molecule has 6 nitrogen and oxygen atoms in total. The van der Waals surface area contributed by atoms with Crippen molar-refractivity contribution in [3.63, 3.8) is 0 Å². The van der Waals surface area contributed by atoms with Gasteiger partial charge < -0.3 is 14.5 Å². The summed E-state index contributed by atoms with van der Waals surface area (Å²) in [6, 6.07) is 7.53. The van der Waals surface area contributed by atoms with Crippen LogP contribution in [0.25, 0.3) is 11.5 Å². The van der Waals surface area contributed by atoms with Crippen LogP contribution in [-0.4, -0.2) is 42.0 Å². The molecule has 1 aliphatic rings. The van der Waals surface area contributed by atoms with Crippen LogP contribution < -0.4 is 10.1 Å². The number of rotatable bonds is 5. The fourth-order valence-corrected chi connectivity index (χ4v) is 3.02. The Morgan fingerprint density at radius 1 is 1.38 bits per heavy atom. The molecule has 1 unspecified atom stereocenters. The molecule has 1 saturated heterocycles. The lowest BCUT2D eigenvalue weighted by Gasteiger charge is -2.33. The molecule has 0 aliphatic carbocycles. The van der Waals surface area contributed by atoms with E-state index in [4.69, 9.17) is 9.15 Å². The second kappa shape index (κ2) is 7.05. The molecule has 1 aromatic carbocycles. The van der Waals surface area contributed by atoms with E-state index < -0.39 is 0 Å². The van der Waals surface area contributed by atoms with Crippen LogP contribution in [0, 0.1) is 6.92 Å². The first-order valence-corrected chi connectivity index (χ1v) is 8.25. The summed E-state index contributed by atoms with van der Waals surface area (Å²) in [5, 5.41) is 2.92. The van der Waals surface area contributed by atoms with Crippen LogP contribution in [0.4, 0.5) is 0 Å². The highest BCUT2D eigenvalue weighted by Gasteiger charge is 2.29. The number of hydrogen-bond acceptors (Lipinski definition) is 5. The predicted octanol–water partition coefficient (Wildman–Crippen LogP) is 2.37. The zero-order valence-electron chi connectivity index (χ0n) is 14.3. The maximum absolute atomic E-state index is 12.0. The van der Waals surface area contributed by atoms with Crippen LogP contribution in [-0.2, 0) is 11.3 Å². The monoisotopic (exact) mass is 329 g/mol. The molecule has 2 aromatic rings. The Kier molecular flexibility index (Phi) is 4.85. The van der Waals surface area contributed by atoms with Gasteiger partial charge in [0.15, 0.2) is 0 Å². The van der Waals surface area contributed by atoms with E-state index in [-0.39, 0.29) is 11.9 Å². The van der Waals surface area contributed by atoms with Gasteiger partial charge in [-0.05, 0) is 37.6 Å². The summed E-state index contributed by atoms with van der Waals surface area (Å²) >= 11 is 0. The summed E-state index contributed by atoms with van der Waals surface area (Å²) in [6.07, 6.45) is 0.786. The number of amides is 1. The standard InChI is InChI=1S/C18H23N3O3/c1-4-16-17(22)19-9-10-21(16)11-15-12(2)24-18(20-15)13-5-7-14(23-3)8-6-13/h5-8,16H,4,9-11H2,1-3H3,(H,19,22). The average molecular weight is 329 g/mol. The molecule has 6 heteroatoms. The third-order valence-corrected chi connectivity index (χ3v) is 4.41. The van der Waals surface area contributed by atoms with Gasteiger partial charge in [0, 0.05) is 25.2 Å². The van der Waals surface area contributed by atoms with Crippen molar-refractivity contribution in [1.29, 1.82) is 0 Å². The van der Waals surface area contributed by atoms with Crippen molar-refractivity contribution in [1.82, 2.24) is 15.2 Å². The van der Waals surface area contributed by atoms with E-state index in [0.717, 1.165) is 35.7 Å². The van der Waals surface area contributed by atoms with E-state index in [1.54, 1.807) is 7.11 Å². The maximum atomic E-state index is 12.0. The van der Waals surface area contributed by atoms with Crippen molar-refractivity contribution in [3.8, 4) is 17.2 Å². The molecular formula is C18H23N3O3. The molecule has 1 N–H and O–H groups in total. The molecule has 1 aromatic heterocycles. The molecule has 0 bridgehead atoms. The van der Waals surface area contributed by atoms with Crippen molar-refractivity contribution in [2.75, 3.05) is 20.2 Å². The van der Waals surface area contributed by atoms with E-state index in [1.807, 2.05) is 38.1 Å². The van der Waals surface area contributed by atoms with Gasteiger partial charge in [-0.3, -0.25) is 9.69 Å². The first-order chi connectivity index (χ1) is 11.6. The van der Waals surface area contributed by atoms with E-state index >= 15 is 0 Å². The Bertz CT molecular complexity index is 709. The number of hydrogen-bond donors (Lipinski definition) is 1. The van der Waals surface area contributed by atoms with Crippen molar-refractivity contribution in [2.45, 2.75) is 32.9 Å². The number of aromatic nitrogens is 1. The van der Waals surface area contributed by atoms with Crippen LogP contribution in [0.5, 0.6) is 5.75 Å². The molecule has 0 radical (unpaired) electrons. The molecule has 1 amide bonds. The Labute approximate surface area is 141 Å². The second-order valence-electron chi connectivity index (χ2n) is 5.94. The number of ether oxygens (including phenoxy) is 1. The Hall–Kier alpha value is -2.34. The second-order valence-corrected chi connectivity index (χ2v) is 5.94. The first-order valence-electron chi connectivity index (χ1n) is 8.25. The van der Waals surface area contributed by atoms with Crippen LogP contribution >= 0.6 is 0 Å². The third-order valence-electron chi connectivity index (χ3n) is 4.41. The summed E-state index contributed by atoms with van der Waals surface area (Å²) in [5.41, 5.74) is 1.79. The molecule has 24 heavy (non-hydrogen) atoms. The number of nitrogens with one attached hydrogen (secondary N) is 1. The minimum atomic E-state index is -0.0979. The molecule has 1 fully saturated rings. The molecule has 3 rings (SSSR count). The number of methoxy groups -OCH3 is 1.